The van der Waals surface area contributed by atoms with Gasteiger partial charge in [-0.2, -0.15) is 13.2 Å². The number of benzene rings is 2. The molecule has 4 atom stereocenters. The molecule has 2 aliphatic heterocycles. The van der Waals surface area contributed by atoms with Gasteiger partial charge in [0.05, 0.1) is 17.4 Å². The number of halogens is 3. The van der Waals surface area contributed by atoms with Crippen LogP contribution in [-0.4, -0.2) is 28.4 Å². The number of carboxylic acids is 1. The largest absolute Gasteiger partial charge is 0.480 e. The zero-order chi connectivity index (χ0) is 26.4. The van der Waals surface area contributed by atoms with Crippen LogP contribution in [0, 0.1) is 17.8 Å². The standard InChI is InChI=1S/C27H27F3N2O5/c28-27(29,30)17-9-5-11-19(13-17)37-18-10-4-8-16(12-18)22-20-21(24(34)31-23(20)33)26(32-22,25(35)36)14-15-6-2-1-3-7-15/h4-5,8-13,15,20-22,32H,1-3,6-7,14H2,(H,35,36)(H,31,33,34). The number of hydrogen-bond donors (Lipinski definition) is 3. The van der Waals surface area contributed by atoms with Gasteiger partial charge in [-0.05, 0) is 48.2 Å². The minimum Gasteiger partial charge on any atom is -0.480 e. The summed E-state index contributed by atoms with van der Waals surface area (Å²) in [5.41, 5.74) is -1.95. The quantitative estimate of drug-likeness (QED) is 0.476. The molecule has 196 valence electrons. The Morgan fingerprint density at radius 3 is 2.35 bits per heavy atom. The van der Waals surface area contributed by atoms with Gasteiger partial charge in [0.1, 0.15) is 17.0 Å². The molecular formula is C27H27F3N2O5. The molecule has 0 radical (unpaired) electrons. The Hall–Kier alpha value is -3.40. The summed E-state index contributed by atoms with van der Waals surface area (Å²) < 4.78 is 45.0. The van der Waals surface area contributed by atoms with Crippen LogP contribution in [0.2, 0.25) is 0 Å². The highest BCUT2D eigenvalue weighted by Crippen LogP contribution is 2.50. The summed E-state index contributed by atoms with van der Waals surface area (Å²) in [6.07, 6.45) is 0.543. The number of alkyl halides is 3. The van der Waals surface area contributed by atoms with Crippen molar-refractivity contribution >= 4 is 17.8 Å². The predicted molar refractivity (Wildman–Crippen MR) is 126 cm³/mol. The van der Waals surface area contributed by atoms with E-state index in [2.05, 4.69) is 10.6 Å². The van der Waals surface area contributed by atoms with Crippen molar-refractivity contribution in [3.63, 3.8) is 0 Å². The summed E-state index contributed by atoms with van der Waals surface area (Å²) in [6.45, 7) is 0. The fraction of sp³-hybridized carbons (Fsp3) is 0.444. The van der Waals surface area contributed by atoms with Crippen LogP contribution in [0.3, 0.4) is 0 Å². The van der Waals surface area contributed by atoms with Crippen LogP contribution in [-0.2, 0) is 20.6 Å². The van der Waals surface area contributed by atoms with E-state index >= 15 is 0 Å². The predicted octanol–water partition coefficient (Wildman–Crippen LogP) is 4.82. The zero-order valence-corrected chi connectivity index (χ0v) is 19.9. The summed E-state index contributed by atoms with van der Waals surface area (Å²) in [6, 6.07) is 10.1. The Kier molecular flexibility index (Phi) is 6.47. The van der Waals surface area contributed by atoms with Crippen LogP contribution in [0.25, 0.3) is 0 Å². The number of amides is 2. The molecule has 3 fully saturated rings. The second-order valence-corrected chi connectivity index (χ2v) is 10.2. The third kappa shape index (κ3) is 4.70. The first-order chi connectivity index (χ1) is 17.6. The fourth-order valence-electron chi connectivity index (χ4n) is 6.18. The van der Waals surface area contributed by atoms with Crippen LogP contribution in [0.15, 0.2) is 48.5 Å². The molecule has 1 aliphatic carbocycles. The Balaban J connectivity index is 1.46. The topological polar surface area (TPSA) is 105 Å². The average Bonchev–Trinajstić information content (AvgIpc) is 3.36. The lowest BCUT2D eigenvalue weighted by Crippen LogP contribution is -2.56. The maximum Gasteiger partial charge on any atom is 0.416 e. The second-order valence-electron chi connectivity index (χ2n) is 10.2. The maximum absolute atomic E-state index is 13.1. The van der Waals surface area contributed by atoms with E-state index in [4.69, 9.17) is 4.74 Å². The molecule has 3 aliphatic rings. The third-order valence-electron chi connectivity index (χ3n) is 7.83. The van der Waals surface area contributed by atoms with Crippen LogP contribution >= 0.6 is 0 Å². The molecule has 37 heavy (non-hydrogen) atoms. The number of carbonyl (C=O) groups is 3. The van der Waals surface area contributed by atoms with Crippen molar-refractivity contribution in [2.75, 3.05) is 0 Å². The molecule has 0 spiro atoms. The van der Waals surface area contributed by atoms with E-state index in [1.54, 1.807) is 24.3 Å². The molecule has 0 bridgehead atoms. The minimum absolute atomic E-state index is 0.0183. The number of carboxylic acid groups (broad SMARTS) is 1. The summed E-state index contributed by atoms with van der Waals surface area (Å²) in [4.78, 5) is 38.5. The second kappa shape index (κ2) is 9.48. The molecule has 4 unspecified atom stereocenters. The fourth-order valence-corrected chi connectivity index (χ4v) is 6.18. The Labute approximate surface area is 211 Å². The normalized spacial score (nSPS) is 28.1. The molecule has 2 heterocycles. The number of imide groups is 1. The number of rotatable bonds is 6. The minimum atomic E-state index is -4.52. The Morgan fingerprint density at radius 1 is 1.00 bits per heavy atom. The molecule has 0 aromatic heterocycles. The van der Waals surface area contributed by atoms with E-state index in [1.165, 1.54) is 12.1 Å². The van der Waals surface area contributed by atoms with Gasteiger partial charge in [0.2, 0.25) is 11.8 Å². The van der Waals surface area contributed by atoms with E-state index in [-0.39, 0.29) is 23.8 Å². The van der Waals surface area contributed by atoms with Crippen molar-refractivity contribution in [1.29, 1.82) is 0 Å². The van der Waals surface area contributed by atoms with Gasteiger partial charge in [0, 0.05) is 6.04 Å². The molecule has 7 nitrogen and oxygen atoms in total. The molecule has 1 saturated carbocycles. The number of carbonyl (C=O) groups excluding carboxylic acids is 2. The average molecular weight is 517 g/mol. The van der Waals surface area contributed by atoms with Crippen molar-refractivity contribution in [3.8, 4) is 11.5 Å². The Bertz CT molecular complexity index is 1230. The van der Waals surface area contributed by atoms with E-state index in [0.29, 0.717) is 5.56 Å². The molecule has 3 N–H and O–H groups in total. The first kappa shape index (κ1) is 25.3. The SMILES string of the molecule is O=C1NC(=O)C2C1C(c1cccc(Oc3cccc(C(F)(F)F)c3)c1)NC2(CC1CCCCC1)C(=O)O. The van der Waals surface area contributed by atoms with Crippen molar-refractivity contribution in [2.45, 2.75) is 56.3 Å². The smallest absolute Gasteiger partial charge is 0.416 e. The van der Waals surface area contributed by atoms with Gasteiger partial charge in [-0.15, -0.1) is 0 Å². The van der Waals surface area contributed by atoms with E-state index in [1.807, 2.05) is 0 Å². The van der Waals surface area contributed by atoms with Crippen molar-refractivity contribution in [2.24, 2.45) is 17.8 Å². The summed E-state index contributed by atoms with van der Waals surface area (Å²) in [7, 11) is 0. The van der Waals surface area contributed by atoms with Gasteiger partial charge in [-0.3, -0.25) is 25.0 Å². The van der Waals surface area contributed by atoms with Crippen molar-refractivity contribution in [3.05, 3.63) is 59.7 Å². The number of hydrogen-bond acceptors (Lipinski definition) is 5. The van der Waals surface area contributed by atoms with Gasteiger partial charge >= 0.3 is 12.1 Å². The molecule has 10 heteroatoms. The van der Waals surface area contributed by atoms with Crippen molar-refractivity contribution < 1.29 is 37.4 Å². The molecule has 2 saturated heterocycles. The van der Waals surface area contributed by atoms with Crippen LogP contribution in [0.5, 0.6) is 11.5 Å². The monoisotopic (exact) mass is 516 g/mol. The van der Waals surface area contributed by atoms with E-state index < -0.39 is 52.9 Å². The van der Waals surface area contributed by atoms with Crippen molar-refractivity contribution in [1.82, 2.24) is 10.6 Å². The number of fused-ring (bicyclic) bond motifs is 1. The Morgan fingerprint density at radius 2 is 1.68 bits per heavy atom. The lowest BCUT2D eigenvalue weighted by atomic mass is 9.72. The summed E-state index contributed by atoms with van der Waals surface area (Å²) in [5.74, 6) is -3.99. The maximum atomic E-state index is 13.1. The third-order valence-corrected chi connectivity index (χ3v) is 7.83. The lowest BCUT2D eigenvalue weighted by molar-refractivity contribution is -0.150. The number of ether oxygens (including phenoxy) is 1. The highest BCUT2D eigenvalue weighted by molar-refractivity contribution is 6.09. The van der Waals surface area contributed by atoms with Gasteiger partial charge in [-0.25, -0.2) is 0 Å². The highest BCUT2D eigenvalue weighted by Gasteiger charge is 2.66. The van der Waals surface area contributed by atoms with E-state index in [0.717, 1.165) is 44.2 Å². The summed E-state index contributed by atoms with van der Waals surface area (Å²) in [5, 5.41) is 15.9. The first-order valence-electron chi connectivity index (χ1n) is 12.4. The van der Waals surface area contributed by atoms with Gasteiger partial charge in [0.25, 0.3) is 0 Å². The van der Waals surface area contributed by atoms with Gasteiger partial charge in [-0.1, -0.05) is 50.3 Å². The molecule has 2 aromatic rings. The van der Waals surface area contributed by atoms with Gasteiger partial charge in [0.15, 0.2) is 0 Å². The van der Waals surface area contributed by atoms with E-state index in [9.17, 15) is 32.7 Å². The molecule has 5 rings (SSSR count). The molecule has 2 amide bonds. The van der Waals surface area contributed by atoms with Crippen LogP contribution in [0.1, 0.15) is 55.7 Å². The lowest BCUT2D eigenvalue weighted by Gasteiger charge is -2.35. The molecular weight excluding hydrogens is 489 g/mol. The van der Waals surface area contributed by atoms with Crippen LogP contribution in [0.4, 0.5) is 13.2 Å². The molecule has 2 aromatic carbocycles. The number of aliphatic carboxylic acids is 1. The summed E-state index contributed by atoms with van der Waals surface area (Å²) >= 11 is 0. The zero-order valence-electron chi connectivity index (χ0n) is 19.9. The number of nitrogens with one attached hydrogen (secondary N) is 2. The highest BCUT2D eigenvalue weighted by atomic mass is 19.4. The first-order valence-corrected chi connectivity index (χ1v) is 12.4. The van der Waals surface area contributed by atoms with Crippen LogP contribution < -0.4 is 15.4 Å². The van der Waals surface area contributed by atoms with Gasteiger partial charge < -0.3 is 9.84 Å².